The highest BCUT2D eigenvalue weighted by atomic mass is 79.9. The Balaban J connectivity index is 2.10. The van der Waals surface area contributed by atoms with E-state index in [1.807, 2.05) is 17.9 Å². The average Bonchev–Trinajstić information content (AvgIpc) is 2.83. The van der Waals surface area contributed by atoms with Crippen molar-refractivity contribution in [3.8, 4) is 0 Å². The number of furan rings is 1. The summed E-state index contributed by atoms with van der Waals surface area (Å²) in [4.78, 5) is 14.4. The highest BCUT2D eigenvalue weighted by Crippen LogP contribution is 2.24. The Hall–Kier alpha value is -0.770. The molecule has 1 saturated carbocycles. The number of nitrogens with zero attached hydrogens (tertiary/aromatic N) is 1. The van der Waals surface area contributed by atoms with E-state index in [0.29, 0.717) is 11.8 Å². The molecule has 0 radical (unpaired) electrons. The summed E-state index contributed by atoms with van der Waals surface area (Å²) in [6, 6.07) is 4.01. The standard InChI is InChI=1S/C14H20BrNO2/c1-11-7-8-13(18-11)14(17)16(10-9-15)12-5-3-2-4-6-12/h7-8,12H,2-6,9-10H2,1H3. The highest BCUT2D eigenvalue weighted by molar-refractivity contribution is 9.09. The summed E-state index contributed by atoms with van der Waals surface area (Å²) in [5.41, 5.74) is 0. The predicted octanol–water partition coefficient (Wildman–Crippen LogP) is 3.76. The molecule has 4 heteroatoms. The van der Waals surface area contributed by atoms with Crippen LogP contribution in [0, 0.1) is 6.92 Å². The maximum absolute atomic E-state index is 12.5. The Morgan fingerprint density at radius 2 is 2.11 bits per heavy atom. The van der Waals surface area contributed by atoms with E-state index >= 15 is 0 Å². The molecule has 3 nitrogen and oxygen atoms in total. The zero-order valence-corrected chi connectivity index (χ0v) is 12.4. The van der Waals surface area contributed by atoms with E-state index in [4.69, 9.17) is 4.42 Å². The summed E-state index contributed by atoms with van der Waals surface area (Å²) in [6.45, 7) is 2.62. The molecule has 0 spiro atoms. The van der Waals surface area contributed by atoms with Gasteiger partial charge in [0.1, 0.15) is 5.76 Å². The van der Waals surface area contributed by atoms with E-state index in [1.54, 1.807) is 6.07 Å². The molecule has 1 aromatic heterocycles. The second-order valence-electron chi connectivity index (χ2n) is 4.89. The van der Waals surface area contributed by atoms with E-state index in [1.165, 1.54) is 19.3 Å². The lowest BCUT2D eigenvalue weighted by Crippen LogP contribution is -2.42. The lowest BCUT2D eigenvalue weighted by molar-refractivity contribution is 0.0617. The molecule has 18 heavy (non-hydrogen) atoms. The summed E-state index contributed by atoms with van der Waals surface area (Å²) in [5.74, 6) is 1.30. The van der Waals surface area contributed by atoms with Gasteiger partial charge in [-0.1, -0.05) is 35.2 Å². The van der Waals surface area contributed by atoms with Gasteiger partial charge in [-0.15, -0.1) is 0 Å². The van der Waals surface area contributed by atoms with Gasteiger partial charge in [-0.3, -0.25) is 4.79 Å². The third-order valence-corrected chi connectivity index (χ3v) is 3.91. The Morgan fingerprint density at radius 3 is 2.67 bits per heavy atom. The molecular weight excluding hydrogens is 294 g/mol. The minimum atomic E-state index is 0.0365. The van der Waals surface area contributed by atoms with Crippen molar-refractivity contribution >= 4 is 21.8 Å². The Morgan fingerprint density at radius 1 is 1.39 bits per heavy atom. The first-order chi connectivity index (χ1) is 8.72. The van der Waals surface area contributed by atoms with Crippen LogP contribution in [0.5, 0.6) is 0 Å². The van der Waals surface area contributed by atoms with Crippen molar-refractivity contribution < 1.29 is 9.21 Å². The minimum Gasteiger partial charge on any atom is -0.456 e. The summed E-state index contributed by atoms with van der Waals surface area (Å²) in [7, 11) is 0. The SMILES string of the molecule is Cc1ccc(C(=O)N(CCBr)C2CCCCC2)o1. The molecule has 0 aliphatic heterocycles. The van der Waals surface area contributed by atoms with Crippen LogP contribution in [0.4, 0.5) is 0 Å². The van der Waals surface area contributed by atoms with Crippen molar-refractivity contribution in [1.29, 1.82) is 0 Å². The topological polar surface area (TPSA) is 33.5 Å². The fourth-order valence-electron chi connectivity index (χ4n) is 2.62. The van der Waals surface area contributed by atoms with Crippen LogP contribution in [0.1, 0.15) is 48.4 Å². The lowest BCUT2D eigenvalue weighted by atomic mass is 9.94. The Bertz CT molecular complexity index is 396. The van der Waals surface area contributed by atoms with Crippen LogP contribution >= 0.6 is 15.9 Å². The molecule has 1 heterocycles. The number of hydrogen-bond donors (Lipinski definition) is 0. The molecule has 0 bridgehead atoms. The minimum absolute atomic E-state index is 0.0365. The number of halogens is 1. The van der Waals surface area contributed by atoms with Gasteiger partial charge in [0.25, 0.3) is 5.91 Å². The summed E-state index contributed by atoms with van der Waals surface area (Å²) < 4.78 is 5.46. The van der Waals surface area contributed by atoms with Gasteiger partial charge >= 0.3 is 0 Å². The van der Waals surface area contributed by atoms with Gasteiger partial charge in [-0.05, 0) is 31.9 Å². The molecule has 1 aromatic rings. The van der Waals surface area contributed by atoms with Crippen molar-refractivity contribution in [3.05, 3.63) is 23.7 Å². The molecular formula is C14H20BrNO2. The monoisotopic (exact) mass is 313 g/mol. The van der Waals surface area contributed by atoms with Crippen molar-refractivity contribution in [1.82, 2.24) is 4.90 Å². The Labute approximate surface area is 117 Å². The number of alkyl halides is 1. The average molecular weight is 314 g/mol. The van der Waals surface area contributed by atoms with Crippen molar-refractivity contribution in [3.63, 3.8) is 0 Å². The first kappa shape index (κ1) is 13.7. The predicted molar refractivity (Wildman–Crippen MR) is 75.1 cm³/mol. The number of aryl methyl sites for hydroxylation is 1. The number of hydrogen-bond acceptors (Lipinski definition) is 2. The molecule has 0 aromatic carbocycles. The van der Waals surface area contributed by atoms with E-state index in [0.717, 1.165) is 30.5 Å². The fourth-order valence-corrected chi connectivity index (χ4v) is 3.01. The van der Waals surface area contributed by atoms with Crippen molar-refractivity contribution in [2.75, 3.05) is 11.9 Å². The molecule has 1 aliphatic rings. The summed E-state index contributed by atoms with van der Waals surface area (Å²) in [6.07, 6.45) is 6.01. The molecule has 0 N–H and O–H groups in total. The van der Waals surface area contributed by atoms with Crippen LogP contribution in [0.15, 0.2) is 16.5 Å². The second-order valence-corrected chi connectivity index (χ2v) is 5.68. The summed E-state index contributed by atoms with van der Waals surface area (Å²) >= 11 is 3.44. The van der Waals surface area contributed by atoms with Gasteiger partial charge in [-0.2, -0.15) is 0 Å². The normalized spacial score (nSPS) is 16.8. The van der Waals surface area contributed by atoms with Gasteiger partial charge in [0.05, 0.1) is 0 Å². The smallest absolute Gasteiger partial charge is 0.289 e. The van der Waals surface area contributed by atoms with E-state index in [2.05, 4.69) is 15.9 Å². The van der Waals surface area contributed by atoms with Crippen LogP contribution in [0.25, 0.3) is 0 Å². The molecule has 1 fully saturated rings. The van der Waals surface area contributed by atoms with Gasteiger partial charge in [0.15, 0.2) is 5.76 Å². The molecule has 1 aliphatic carbocycles. The lowest BCUT2D eigenvalue weighted by Gasteiger charge is -2.33. The molecule has 0 atom stereocenters. The number of carbonyl (C=O) groups excluding carboxylic acids is 1. The molecule has 0 unspecified atom stereocenters. The molecule has 0 saturated heterocycles. The van der Waals surface area contributed by atoms with Crippen LogP contribution < -0.4 is 0 Å². The van der Waals surface area contributed by atoms with Gasteiger partial charge in [-0.25, -0.2) is 0 Å². The quantitative estimate of drug-likeness (QED) is 0.793. The van der Waals surface area contributed by atoms with Gasteiger partial charge < -0.3 is 9.32 Å². The maximum atomic E-state index is 12.5. The van der Waals surface area contributed by atoms with E-state index in [-0.39, 0.29) is 5.91 Å². The summed E-state index contributed by atoms with van der Waals surface area (Å²) in [5, 5.41) is 0.814. The first-order valence-electron chi connectivity index (χ1n) is 6.65. The van der Waals surface area contributed by atoms with Crippen LogP contribution in [-0.2, 0) is 0 Å². The number of carbonyl (C=O) groups is 1. The molecule has 100 valence electrons. The van der Waals surface area contributed by atoms with E-state index < -0.39 is 0 Å². The fraction of sp³-hybridized carbons (Fsp3) is 0.643. The molecule has 1 amide bonds. The number of rotatable bonds is 4. The van der Waals surface area contributed by atoms with Gasteiger partial charge in [0, 0.05) is 17.9 Å². The second kappa shape index (κ2) is 6.41. The van der Waals surface area contributed by atoms with Crippen LogP contribution in [-0.4, -0.2) is 28.7 Å². The Kier molecular flexibility index (Phi) is 4.87. The molecule has 2 rings (SSSR count). The third-order valence-electron chi connectivity index (χ3n) is 3.55. The van der Waals surface area contributed by atoms with Gasteiger partial charge in [0.2, 0.25) is 0 Å². The van der Waals surface area contributed by atoms with E-state index in [9.17, 15) is 4.79 Å². The van der Waals surface area contributed by atoms with Crippen molar-refractivity contribution in [2.24, 2.45) is 0 Å². The first-order valence-corrected chi connectivity index (χ1v) is 7.78. The van der Waals surface area contributed by atoms with Crippen molar-refractivity contribution in [2.45, 2.75) is 45.1 Å². The largest absolute Gasteiger partial charge is 0.456 e. The highest BCUT2D eigenvalue weighted by Gasteiger charge is 2.27. The third kappa shape index (κ3) is 3.16. The maximum Gasteiger partial charge on any atom is 0.289 e. The van der Waals surface area contributed by atoms with Crippen LogP contribution in [0.3, 0.4) is 0 Å². The van der Waals surface area contributed by atoms with Crippen LogP contribution in [0.2, 0.25) is 0 Å². The zero-order valence-electron chi connectivity index (χ0n) is 10.8. The number of amides is 1. The zero-order chi connectivity index (χ0) is 13.0.